The summed E-state index contributed by atoms with van der Waals surface area (Å²) in [6.07, 6.45) is 5.73. The molecular weight excluding hydrogens is 336 g/mol. The normalized spacial score (nSPS) is 17.7. The number of benzene rings is 2. The van der Waals surface area contributed by atoms with E-state index in [9.17, 15) is 4.79 Å². The van der Waals surface area contributed by atoms with Gasteiger partial charge >= 0.3 is 0 Å². The van der Waals surface area contributed by atoms with Crippen molar-refractivity contribution >= 4 is 16.6 Å². The minimum absolute atomic E-state index is 0.0201. The smallest absolute Gasteiger partial charge is 0.170 e. The first-order chi connectivity index (χ1) is 13.3. The number of ketones is 1. The number of carbonyl (C=O) groups excluding carboxylic acids is 1. The molecule has 1 saturated heterocycles. The van der Waals surface area contributed by atoms with E-state index in [1.165, 1.54) is 10.9 Å². The third-order valence-electron chi connectivity index (χ3n) is 5.41. The highest BCUT2D eigenvalue weighted by atomic mass is 16.5. The van der Waals surface area contributed by atoms with E-state index in [-0.39, 0.29) is 11.7 Å². The molecule has 138 valence electrons. The molecule has 1 aromatic heterocycles. The van der Waals surface area contributed by atoms with Gasteiger partial charge in [0, 0.05) is 36.8 Å². The van der Waals surface area contributed by atoms with Gasteiger partial charge in [-0.25, -0.2) is 0 Å². The number of carbonyl (C=O) groups is 1. The number of hydrogen-bond acceptors (Lipinski definition) is 4. The summed E-state index contributed by atoms with van der Waals surface area (Å²) in [6, 6.07) is 16.0. The van der Waals surface area contributed by atoms with Gasteiger partial charge in [-0.05, 0) is 48.5 Å². The maximum absolute atomic E-state index is 13.1. The summed E-state index contributed by atoms with van der Waals surface area (Å²) in [5.41, 5.74) is 1.99. The Labute approximate surface area is 159 Å². The number of para-hydroxylation sites is 1. The molecule has 1 atom stereocenters. The lowest BCUT2D eigenvalue weighted by molar-refractivity contribution is 0.0809. The first-order valence-electron chi connectivity index (χ1n) is 9.47. The van der Waals surface area contributed by atoms with Gasteiger partial charge in [-0.2, -0.15) is 0 Å². The van der Waals surface area contributed by atoms with Gasteiger partial charge in [0.05, 0.1) is 12.7 Å². The van der Waals surface area contributed by atoms with Crippen LogP contribution in [0, 0.1) is 5.92 Å². The molecule has 2 heterocycles. The van der Waals surface area contributed by atoms with Gasteiger partial charge < -0.3 is 4.74 Å². The molecule has 1 fully saturated rings. The van der Waals surface area contributed by atoms with Crippen LogP contribution in [0.5, 0.6) is 5.75 Å². The van der Waals surface area contributed by atoms with Crippen LogP contribution < -0.4 is 4.74 Å². The molecule has 4 nitrogen and oxygen atoms in total. The van der Waals surface area contributed by atoms with Gasteiger partial charge in [0.1, 0.15) is 5.75 Å². The molecule has 0 amide bonds. The van der Waals surface area contributed by atoms with Crippen molar-refractivity contribution in [2.24, 2.45) is 5.92 Å². The summed E-state index contributed by atoms with van der Waals surface area (Å²) in [7, 11) is 1.62. The zero-order chi connectivity index (χ0) is 18.6. The van der Waals surface area contributed by atoms with E-state index >= 15 is 0 Å². The molecule has 0 N–H and O–H groups in total. The number of likely N-dealkylation sites (tertiary alicyclic amines) is 1. The average Bonchev–Trinajstić information content (AvgIpc) is 2.73. The zero-order valence-corrected chi connectivity index (χ0v) is 15.6. The number of ether oxygens (including phenoxy) is 1. The van der Waals surface area contributed by atoms with Crippen LogP contribution in [0.1, 0.15) is 28.8 Å². The van der Waals surface area contributed by atoms with Crippen molar-refractivity contribution in [1.82, 2.24) is 9.88 Å². The molecular formula is C23H24N2O2. The Bertz CT molecular complexity index is 949. The molecule has 4 heteroatoms. The summed E-state index contributed by atoms with van der Waals surface area (Å²) in [5.74, 6) is 0.882. The molecule has 0 unspecified atom stereocenters. The van der Waals surface area contributed by atoms with Gasteiger partial charge in [0.2, 0.25) is 0 Å². The van der Waals surface area contributed by atoms with Gasteiger partial charge in [0.25, 0.3) is 0 Å². The minimum Gasteiger partial charge on any atom is -0.496 e. The Hall–Kier alpha value is -2.72. The molecule has 1 aliphatic rings. The van der Waals surface area contributed by atoms with E-state index in [4.69, 9.17) is 4.74 Å². The predicted octanol–water partition coefficient (Wildman–Crippen LogP) is 4.34. The second-order valence-electron chi connectivity index (χ2n) is 7.15. The minimum atomic E-state index is 0.0201. The van der Waals surface area contributed by atoms with E-state index in [0.717, 1.165) is 37.9 Å². The lowest BCUT2D eigenvalue weighted by Crippen LogP contribution is -2.38. The molecule has 4 rings (SSSR count). The predicted molar refractivity (Wildman–Crippen MR) is 107 cm³/mol. The molecule has 0 saturated carbocycles. The number of hydrogen-bond donors (Lipinski definition) is 0. The van der Waals surface area contributed by atoms with E-state index < -0.39 is 0 Å². The molecule has 27 heavy (non-hydrogen) atoms. The number of Topliss-reactive ketones (excluding diaryl/α,β-unsaturated/α-hetero) is 1. The van der Waals surface area contributed by atoms with Gasteiger partial charge in [0.15, 0.2) is 5.78 Å². The van der Waals surface area contributed by atoms with E-state index in [1.54, 1.807) is 7.11 Å². The maximum Gasteiger partial charge on any atom is 0.170 e. The average molecular weight is 360 g/mol. The van der Waals surface area contributed by atoms with Crippen molar-refractivity contribution in [3.05, 3.63) is 72.1 Å². The topological polar surface area (TPSA) is 42.4 Å². The Morgan fingerprint density at radius 3 is 2.96 bits per heavy atom. The van der Waals surface area contributed by atoms with Crippen molar-refractivity contribution in [2.45, 2.75) is 19.4 Å². The van der Waals surface area contributed by atoms with Crippen LogP contribution >= 0.6 is 0 Å². The fourth-order valence-corrected chi connectivity index (χ4v) is 4.05. The fourth-order valence-electron chi connectivity index (χ4n) is 4.05. The quantitative estimate of drug-likeness (QED) is 0.635. The first kappa shape index (κ1) is 17.7. The highest BCUT2D eigenvalue weighted by Gasteiger charge is 2.28. The number of rotatable bonds is 5. The third-order valence-corrected chi connectivity index (χ3v) is 5.41. The highest BCUT2D eigenvalue weighted by molar-refractivity contribution is 6.00. The summed E-state index contributed by atoms with van der Waals surface area (Å²) < 4.78 is 5.39. The summed E-state index contributed by atoms with van der Waals surface area (Å²) >= 11 is 0. The lowest BCUT2D eigenvalue weighted by atomic mass is 9.89. The van der Waals surface area contributed by atoms with Crippen LogP contribution in [0.25, 0.3) is 10.8 Å². The Kier molecular flexibility index (Phi) is 5.16. The van der Waals surface area contributed by atoms with Gasteiger partial charge in [-0.3, -0.25) is 14.7 Å². The number of nitrogens with zero attached hydrogens (tertiary/aromatic N) is 2. The standard InChI is InChI=1S/C23H24N2O2/c1-27-22-10-3-2-9-21(22)23(26)19-8-5-13-25(16-19)15-18-7-4-6-17-14-24-12-11-20(17)18/h2-4,6-7,9-12,14,19H,5,8,13,15-16H2,1H3/t19-/m0/s1. The number of methoxy groups -OCH3 is 1. The van der Waals surface area contributed by atoms with Crippen molar-refractivity contribution < 1.29 is 9.53 Å². The second-order valence-corrected chi connectivity index (χ2v) is 7.15. The summed E-state index contributed by atoms with van der Waals surface area (Å²) in [6.45, 7) is 2.67. The van der Waals surface area contributed by atoms with Crippen LogP contribution in [0.15, 0.2) is 60.9 Å². The van der Waals surface area contributed by atoms with Gasteiger partial charge in [-0.15, -0.1) is 0 Å². The number of fused-ring (bicyclic) bond motifs is 1. The lowest BCUT2D eigenvalue weighted by Gasteiger charge is -2.32. The van der Waals surface area contributed by atoms with Crippen LogP contribution in [0.3, 0.4) is 0 Å². The number of pyridine rings is 1. The van der Waals surface area contributed by atoms with Crippen molar-refractivity contribution in [2.75, 3.05) is 20.2 Å². The van der Waals surface area contributed by atoms with Crippen molar-refractivity contribution in [3.8, 4) is 5.75 Å². The molecule has 1 aliphatic heterocycles. The van der Waals surface area contributed by atoms with E-state index in [2.05, 4.69) is 34.1 Å². The van der Waals surface area contributed by atoms with E-state index in [0.29, 0.717) is 11.3 Å². The van der Waals surface area contributed by atoms with E-state index in [1.807, 2.05) is 36.7 Å². The molecule has 0 spiro atoms. The Morgan fingerprint density at radius 1 is 1.19 bits per heavy atom. The third kappa shape index (κ3) is 3.71. The van der Waals surface area contributed by atoms with Crippen LogP contribution in [0.2, 0.25) is 0 Å². The Morgan fingerprint density at radius 2 is 2.07 bits per heavy atom. The molecule has 0 aliphatic carbocycles. The fraction of sp³-hybridized carbons (Fsp3) is 0.304. The van der Waals surface area contributed by atoms with Crippen LogP contribution in [0.4, 0.5) is 0 Å². The van der Waals surface area contributed by atoms with Crippen LogP contribution in [-0.2, 0) is 6.54 Å². The molecule has 2 aromatic carbocycles. The summed E-state index contributed by atoms with van der Waals surface area (Å²) in [4.78, 5) is 19.7. The van der Waals surface area contributed by atoms with Crippen molar-refractivity contribution in [1.29, 1.82) is 0 Å². The molecule has 0 bridgehead atoms. The van der Waals surface area contributed by atoms with Crippen molar-refractivity contribution in [3.63, 3.8) is 0 Å². The number of piperidine rings is 1. The summed E-state index contributed by atoms with van der Waals surface area (Å²) in [5, 5.41) is 2.40. The monoisotopic (exact) mass is 360 g/mol. The zero-order valence-electron chi connectivity index (χ0n) is 15.6. The maximum atomic E-state index is 13.1. The largest absolute Gasteiger partial charge is 0.496 e. The SMILES string of the molecule is COc1ccccc1C(=O)[C@H]1CCCN(Cc2cccc3cnccc23)C1. The van der Waals surface area contributed by atoms with Gasteiger partial charge in [-0.1, -0.05) is 30.3 Å². The highest BCUT2D eigenvalue weighted by Crippen LogP contribution is 2.28. The van der Waals surface area contributed by atoms with Crippen LogP contribution in [-0.4, -0.2) is 35.9 Å². The molecule has 0 radical (unpaired) electrons. The molecule has 3 aromatic rings. The first-order valence-corrected chi connectivity index (χ1v) is 9.47. The Balaban J connectivity index is 1.52. The number of aromatic nitrogens is 1. The second kappa shape index (κ2) is 7.89.